The summed E-state index contributed by atoms with van der Waals surface area (Å²) >= 11 is 0. The smallest absolute Gasteiger partial charge is 0.330 e. The number of carbonyl (C=O) groups excluding carboxylic acids is 1. The van der Waals surface area contributed by atoms with Gasteiger partial charge in [0, 0.05) is 12.0 Å². The van der Waals surface area contributed by atoms with Crippen LogP contribution in [0.1, 0.15) is 25.7 Å². The second-order valence-corrected chi connectivity index (χ2v) is 4.66. The first-order valence-electron chi connectivity index (χ1n) is 5.11. The van der Waals surface area contributed by atoms with E-state index in [-0.39, 0.29) is 11.6 Å². The molecule has 3 rings (SSSR count). The van der Waals surface area contributed by atoms with Gasteiger partial charge in [0.2, 0.25) is 0 Å². The van der Waals surface area contributed by atoms with Crippen LogP contribution in [0, 0.1) is 17.8 Å². The molecule has 0 saturated heterocycles. The van der Waals surface area contributed by atoms with Gasteiger partial charge in [-0.1, -0.05) is 6.58 Å². The Labute approximate surface area is 78.0 Å². The van der Waals surface area contributed by atoms with Crippen molar-refractivity contribution in [3.63, 3.8) is 0 Å². The Morgan fingerprint density at radius 3 is 3.00 bits per heavy atom. The normalized spacial score (nSPS) is 50.0. The quantitative estimate of drug-likeness (QED) is 0.477. The van der Waals surface area contributed by atoms with Crippen molar-refractivity contribution in [2.75, 3.05) is 0 Å². The Hall–Kier alpha value is -0.790. The van der Waals surface area contributed by atoms with Gasteiger partial charge in [-0.15, -0.1) is 0 Å². The monoisotopic (exact) mass is 178 g/mol. The Bertz CT molecular complexity index is 284. The molecule has 70 valence electrons. The van der Waals surface area contributed by atoms with Crippen LogP contribution in [0.25, 0.3) is 0 Å². The predicted octanol–water partition coefficient (Wildman–Crippen LogP) is 1.90. The van der Waals surface area contributed by atoms with Crippen LogP contribution in [-0.2, 0) is 9.53 Å². The van der Waals surface area contributed by atoms with E-state index in [1.54, 1.807) is 0 Å². The van der Waals surface area contributed by atoms with Crippen molar-refractivity contribution >= 4 is 5.97 Å². The van der Waals surface area contributed by atoms with Crippen LogP contribution >= 0.6 is 0 Å². The number of ether oxygens (including phenoxy) is 1. The number of carbonyl (C=O) groups is 1. The Morgan fingerprint density at radius 1 is 1.54 bits per heavy atom. The fraction of sp³-hybridized carbons (Fsp3) is 0.727. The molecule has 3 aliphatic carbocycles. The molecule has 2 heteroatoms. The molecule has 13 heavy (non-hydrogen) atoms. The fourth-order valence-electron chi connectivity index (χ4n) is 3.58. The van der Waals surface area contributed by atoms with Gasteiger partial charge >= 0.3 is 5.97 Å². The van der Waals surface area contributed by atoms with Crippen LogP contribution in [0.15, 0.2) is 12.7 Å². The molecule has 3 aliphatic rings. The highest BCUT2D eigenvalue weighted by Gasteiger charge is 2.72. The van der Waals surface area contributed by atoms with Crippen LogP contribution in [0.3, 0.4) is 0 Å². The molecule has 0 aliphatic heterocycles. The van der Waals surface area contributed by atoms with Gasteiger partial charge < -0.3 is 4.74 Å². The first kappa shape index (κ1) is 7.60. The number of hydrogen-bond acceptors (Lipinski definition) is 2. The summed E-state index contributed by atoms with van der Waals surface area (Å²) in [6.07, 6.45) is 6.35. The molecule has 0 heterocycles. The molecule has 0 spiro atoms. The summed E-state index contributed by atoms with van der Waals surface area (Å²) in [5, 5.41) is 0. The number of fused-ring (bicyclic) bond motifs is 5. The van der Waals surface area contributed by atoms with Gasteiger partial charge in [-0.3, -0.25) is 0 Å². The maximum Gasteiger partial charge on any atom is 0.330 e. The van der Waals surface area contributed by atoms with Gasteiger partial charge in [-0.2, -0.15) is 0 Å². The average molecular weight is 178 g/mol. The SMILES string of the molecule is C=CC(=O)OC12CC1C1CCC2C1. The second kappa shape index (κ2) is 2.17. The van der Waals surface area contributed by atoms with Crippen molar-refractivity contribution < 1.29 is 9.53 Å². The molecule has 0 amide bonds. The van der Waals surface area contributed by atoms with E-state index in [0.29, 0.717) is 11.8 Å². The molecule has 3 saturated carbocycles. The molecule has 2 nitrogen and oxygen atoms in total. The molecule has 0 aromatic rings. The van der Waals surface area contributed by atoms with Crippen molar-refractivity contribution in [2.24, 2.45) is 17.8 Å². The summed E-state index contributed by atoms with van der Waals surface area (Å²) < 4.78 is 5.50. The van der Waals surface area contributed by atoms with Crippen LogP contribution in [-0.4, -0.2) is 11.6 Å². The molecule has 0 aromatic heterocycles. The van der Waals surface area contributed by atoms with E-state index in [4.69, 9.17) is 4.74 Å². The van der Waals surface area contributed by atoms with E-state index in [2.05, 4.69) is 6.58 Å². The maximum absolute atomic E-state index is 11.1. The molecule has 0 radical (unpaired) electrons. The van der Waals surface area contributed by atoms with E-state index in [9.17, 15) is 4.79 Å². The lowest BCUT2D eigenvalue weighted by Gasteiger charge is -2.22. The van der Waals surface area contributed by atoms with Crippen LogP contribution in [0.5, 0.6) is 0 Å². The average Bonchev–Trinajstić information content (AvgIpc) is 2.57. The first-order valence-corrected chi connectivity index (χ1v) is 5.11. The highest BCUT2D eigenvalue weighted by atomic mass is 16.6. The standard InChI is InChI=1S/C11H14O2/c1-2-10(12)13-11-6-9(11)7-3-4-8(11)5-7/h2,7-9H,1,3-6H2. The lowest BCUT2D eigenvalue weighted by Crippen LogP contribution is -2.27. The lowest BCUT2D eigenvalue weighted by molar-refractivity contribution is -0.148. The molecule has 4 unspecified atom stereocenters. The van der Waals surface area contributed by atoms with E-state index in [0.717, 1.165) is 12.3 Å². The second-order valence-electron chi connectivity index (χ2n) is 4.66. The van der Waals surface area contributed by atoms with Crippen LogP contribution in [0.4, 0.5) is 0 Å². The van der Waals surface area contributed by atoms with Gasteiger partial charge in [0.1, 0.15) is 5.60 Å². The third kappa shape index (κ3) is 0.812. The molecule has 0 aromatic carbocycles. The third-order valence-corrected chi connectivity index (χ3v) is 4.20. The largest absolute Gasteiger partial charge is 0.455 e. The van der Waals surface area contributed by atoms with Gasteiger partial charge in [0.05, 0.1) is 0 Å². The molecule has 0 N–H and O–H groups in total. The highest BCUT2D eigenvalue weighted by molar-refractivity contribution is 5.82. The Kier molecular flexibility index (Phi) is 1.27. The van der Waals surface area contributed by atoms with Gasteiger partial charge in [-0.25, -0.2) is 4.79 Å². The van der Waals surface area contributed by atoms with E-state index in [1.165, 1.54) is 25.3 Å². The Balaban J connectivity index is 1.79. The summed E-state index contributed by atoms with van der Waals surface area (Å²) in [5.74, 6) is 2.01. The molecule has 2 bridgehead atoms. The maximum atomic E-state index is 11.1. The Morgan fingerprint density at radius 2 is 2.38 bits per heavy atom. The summed E-state index contributed by atoms with van der Waals surface area (Å²) in [4.78, 5) is 11.1. The minimum atomic E-state index is -0.227. The zero-order valence-corrected chi connectivity index (χ0v) is 7.66. The molecule has 4 atom stereocenters. The zero-order valence-electron chi connectivity index (χ0n) is 7.66. The number of esters is 1. The van der Waals surface area contributed by atoms with Gasteiger partial charge in [0.15, 0.2) is 0 Å². The van der Waals surface area contributed by atoms with Crippen molar-refractivity contribution in [3.8, 4) is 0 Å². The highest BCUT2D eigenvalue weighted by Crippen LogP contribution is 2.70. The fourth-order valence-corrected chi connectivity index (χ4v) is 3.58. The van der Waals surface area contributed by atoms with Crippen LogP contribution in [0.2, 0.25) is 0 Å². The number of hydrogen-bond donors (Lipinski definition) is 0. The summed E-state index contributed by atoms with van der Waals surface area (Å²) in [6.45, 7) is 3.44. The zero-order chi connectivity index (χ0) is 9.05. The predicted molar refractivity (Wildman–Crippen MR) is 48.0 cm³/mol. The van der Waals surface area contributed by atoms with Crippen molar-refractivity contribution in [1.29, 1.82) is 0 Å². The van der Waals surface area contributed by atoms with Crippen molar-refractivity contribution in [1.82, 2.24) is 0 Å². The minimum Gasteiger partial charge on any atom is -0.455 e. The summed E-state index contributed by atoms with van der Waals surface area (Å²) in [6, 6.07) is 0. The molecular weight excluding hydrogens is 164 g/mol. The summed E-state index contributed by atoms with van der Waals surface area (Å²) in [7, 11) is 0. The lowest BCUT2D eigenvalue weighted by atomic mass is 9.97. The minimum absolute atomic E-state index is 0.0197. The van der Waals surface area contributed by atoms with E-state index >= 15 is 0 Å². The molecular formula is C11H14O2. The van der Waals surface area contributed by atoms with Gasteiger partial charge in [-0.05, 0) is 37.5 Å². The van der Waals surface area contributed by atoms with Gasteiger partial charge in [0.25, 0.3) is 0 Å². The van der Waals surface area contributed by atoms with Crippen molar-refractivity contribution in [3.05, 3.63) is 12.7 Å². The topological polar surface area (TPSA) is 26.3 Å². The number of rotatable bonds is 2. The summed E-state index contributed by atoms with van der Waals surface area (Å²) in [5.41, 5.74) is -0.0197. The van der Waals surface area contributed by atoms with Crippen molar-refractivity contribution in [2.45, 2.75) is 31.3 Å². The van der Waals surface area contributed by atoms with Crippen LogP contribution < -0.4 is 0 Å². The molecule has 3 fully saturated rings. The first-order chi connectivity index (χ1) is 6.26. The van der Waals surface area contributed by atoms with E-state index in [1.807, 2.05) is 0 Å². The third-order valence-electron chi connectivity index (χ3n) is 4.20. The van der Waals surface area contributed by atoms with E-state index < -0.39 is 0 Å².